The Bertz CT molecular complexity index is 1100. The Kier molecular flexibility index (Phi) is 6.68. The Morgan fingerprint density at radius 1 is 1.07 bits per heavy atom. The summed E-state index contributed by atoms with van der Waals surface area (Å²) in [6.07, 6.45) is 3.26. The second kappa shape index (κ2) is 9.41. The highest BCUT2D eigenvalue weighted by atomic mass is 32.2. The van der Waals surface area contributed by atoms with E-state index in [2.05, 4.69) is 10.3 Å². The van der Waals surface area contributed by atoms with Crippen molar-refractivity contribution in [3.8, 4) is 5.75 Å². The van der Waals surface area contributed by atoms with Crippen LogP contribution in [0.3, 0.4) is 0 Å². The van der Waals surface area contributed by atoms with E-state index in [-0.39, 0.29) is 23.7 Å². The Balaban J connectivity index is 1.91. The number of benzene rings is 2. The molecule has 1 aromatic heterocycles. The molecule has 3 rings (SSSR count). The van der Waals surface area contributed by atoms with Gasteiger partial charge in [-0.3, -0.25) is 14.1 Å². The summed E-state index contributed by atoms with van der Waals surface area (Å²) in [6, 6.07) is 17.0. The lowest BCUT2D eigenvalue weighted by Crippen LogP contribution is -2.40. The molecule has 0 saturated carbocycles. The zero-order chi connectivity index (χ0) is 21.6. The molecule has 0 spiro atoms. The van der Waals surface area contributed by atoms with Crippen LogP contribution in [0, 0.1) is 6.92 Å². The number of ether oxygens (including phenoxy) is 1. The molecule has 0 saturated heterocycles. The third kappa shape index (κ3) is 4.96. The molecule has 3 aromatic rings. The van der Waals surface area contributed by atoms with Gasteiger partial charge in [-0.25, -0.2) is 8.42 Å². The molecule has 0 radical (unpaired) electrons. The normalized spacial score (nSPS) is 11.0. The minimum Gasteiger partial charge on any atom is -0.495 e. The van der Waals surface area contributed by atoms with E-state index in [0.29, 0.717) is 5.69 Å². The van der Waals surface area contributed by atoms with E-state index < -0.39 is 15.9 Å². The minimum absolute atomic E-state index is 0.00999. The number of carbonyl (C=O) groups is 1. The Labute approximate surface area is 176 Å². The lowest BCUT2D eigenvalue weighted by molar-refractivity contribution is -0.119. The number of hydrogen-bond acceptors (Lipinski definition) is 5. The van der Waals surface area contributed by atoms with Gasteiger partial charge in [0.1, 0.15) is 17.2 Å². The van der Waals surface area contributed by atoms with Crippen molar-refractivity contribution in [2.45, 2.75) is 18.4 Å². The Hall–Kier alpha value is -3.39. The van der Waals surface area contributed by atoms with Crippen molar-refractivity contribution >= 4 is 21.6 Å². The van der Waals surface area contributed by atoms with E-state index in [9.17, 15) is 13.2 Å². The van der Waals surface area contributed by atoms with Crippen molar-refractivity contribution in [2.24, 2.45) is 0 Å². The summed E-state index contributed by atoms with van der Waals surface area (Å²) in [6.45, 7) is 1.71. The van der Waals surface area contributed by atoms with Crippen molar-refractivity contribution in [3.05, 3.63) is 84.2 Å². The summed E-state index contributed by atoms with van der Waals surface area (Å²) in [5, 5.41) is 2.76. The SMILES string of the molecule is COc1ccc(C)cc1S(=O)(=O)N(CC(=O)NCc1ccncc1)c1ccccc1. The second-order valence-electron chi connectivity index (χ2n) is 6.63. The highest BCUT2D eigenvalue weighted by Gasteiger charge is 2.30. The van der Waals surface area contributed by atoms with Crippen LogP contribution in [0.4, 0.5) is 5.69 Å². The van der Waals surface area contributed by atoms with E-state index >= 15 is 0 Å². The fraction of sp³-hybridized carbons (Fsp3) is 0.182. The van der Waals surface area contributed by atoms with E-state index in [4.69, 9.17) is 4.74 Å². The molecule has 8 heteroatoms. The van der Waals surface area contributed by atoms with Crippen LogP contribution in [0.15, 0.2) is 78.0 Å². The number of carbonyl (C=O) groups excluding carboxylic acids is 1. The number of aromatic nitrogens is 1. The number of anilines is 1. The Morgan fingerprint density at radius 2 is 1.77 bits per heavy atom. The van der Waals surface area contributed by atoms with Gasteiger partial charge in [-0.05, 0) is 54.4 Å². The highest BCUT2D eigenvalue weighted by Crippen LogP contribution is 2.30. The van der Waals surface area contributed by atoms with Gasteiger partial charge < -0.3 is 10.1 Å². The van der Waals surface area contributed by atoms with Gasteiger partial charge in [-0.15, -0.1) is 0 Å². The van der Waals surface area contributed by atoms with E-state index in [1.807, 2.05) is 0 Å². The van der Waals surface area contributed by atoms with Gasteiger partial charge in [0.15, 0.2) is 0 Å². The number of nitrogens with one attached hydrogen (secondary N) is 1. The molecule has 7 nitrogen and oxygen atoms in total. The molecule has 1 heterocycles. The largest absolute Gasteiger partial charge is 0.495 e. The number of sulfonamides is 1. The van der Waals surface area contributed by atoms with Gasteiger partial charge >= 0.3 is 0 Å². The van der Waals surface area contributed by atoms with Gasteiger partial charge in [-0.2, -0.15) is 0 Å². The van der Waals surface area contributed by atoms with Crippen molar-refractivity contribution in [1.29, 1.82) is 0 Å². The van der Waals surface area contributed by atoms with Crippen LogP contribution in [0.5, 0.6) is 5.75 Å². The molecule has 156 valence electrons. The highest BCUT2D eigenvalue weighted by molar-refractivity contribution is 7.93. The van der Waals surface area contributed by atoms with Crippen LogP contribution >= 0.6 is 0 Å². The molecular formula is C22H23N3O4S. The maximum absolute atomic E-state index is 13.5. The zero-order valence-electron chi connectivity index (χ0n) is 16.8. The standard InChI is InChI=1S/C22H23N3O4S/c1-17-8-9-20(29-2)21(14-17)30(27,28)25(19-6-4-3-5-7-19)16-22(26)24-15-18-10-12-23-13-11-18/h3-14H,15-16H2,1-2H3,(H,24,26). The smallest absolute Gasteiger partial charge is 0.268 e. The summed E-state index contributed by atoms with van der Waals surface area (Å²) in [5.74, 6) is -0.204. The number of pyridine rings is 1. The topological polar surface area (TPSA) is 88.6 Å². The first-order chi connectivity index (χ1) is 14.4. The van der Waals surface area contributed by atoms with Gasteiger partial charge in [0.25, 0.3) is 10.0 Å². The molecule has 0 atom stereocenters. The predicted octanol–water partition coefficient (Wildman–Crippen LogP) is 2.91. The van der Waals surface area contributed by atoms with Gasteiger partial charge in [-0.1, -0.05) is 24.3 Å². The first kappa shape index (κ1) is 21.3. The number of amides is 1. The summed E-state index contributed by atoms with van der Waals surface area (Å²) in [5.41, 5.74) is 2.03. The minimum atomic E-state index is -4.06. The van der Waals surface area contributed by atoms with Crippen LogP contribution in [0.25, 0.3) is 0 Å². The zero-order valence-corrected chi connectivity index (χ0v) is 17.6. The fourth-order valence-electron chi connectivity index (χ4n) is 2.90. The van der Waals surface area contributed by atoms with Crippen LogP contribution in [-0.4, -0.2) is 33.0 Å². The maximum atomic E-state index is 13.5. The molecule has 0 aliphatic heterocycles. The summed E-state index contributed by atoms with van der Waals surface area (Å²) in [7, 11) is -2.65. The van der Waals surface area contributed by atoms with Crippen molar-refractivity contribution < 1.29 is 17.9 Å². The van der Waals surface area contributed by atoms with Crippen LogP contribution in [0.1, 0.15) is 11.1 Å². The number of para-hydroxylation sites is 1. The lowest BCUT2D eigenvalue weighted by atomic mass is 10.2. The molecule has 0 aliphatic carbocycles. The summed E-state index contributed by atoms with van der Waals surface area (Å²) < 4.78 is 33.4. The molecule has 0 bridgehead atoms. The molecule has 30 heavy (non-hydrogen) atoms. The summed E-state index contributed by atoms with van der Waals surface area (Å²) in [4.78, 5) is 16.6. The van der Waals surface area contributed by atoms with E-state index in [1.54, 1.807) is 80.0 Å². The van der Waals surface area contributed by atoms with Crippen LogP contribution < -0.4 is 14.4 Å². The molecule has 2 aromatic carbocycles. The third-order valence-corrected chi connectivity index (χ3v) is 6.25. The van der Waals surface area contributed by atoms with Crippen molar-refractivity contribution in [1.82, 2.24) is 10.3 Å². The number of nitrogens with zero attached hydrogens (tertiary/aromatic N) is 2. The van der Waals surface area contributed by atoms with Gasteiger partial charge in [0.05, 0.1) is 12.8 Å². The third-order valence-electron chi connectivity index (χ3n) is 4.46. The maximum Gasteiger partial charge on any atom is 0.268 e. The predicted molar refractivity (Wildman–Crippen MR) is 115 cm³/mol. The number of rotatable bonds is 8. The Morgan fingerprint density at radius 3 is 2.43 bits per heavy atom. The number of aryl methyl sites for hydroxylation is 1. The van der Waals surface area contributed by atoms with Gasteiger partial charge in [0, 0.05) is 18.9 Å². The van der Waals surface area contributed by atoms with Crippen molar-refractivity contribution in [2.75, 3.05) is 18.0 Å². The number of methoxy groups -OCH3 is 1. The average molecular weight is 426 g/mol. The fourth-order valence-corrected chi connectivity index (χ4v) is 4.57. The monoisotopic (exact) mass is 425 g/mol. The first-order valence-electron chi connectivity index (χ1n) is 9.30. The van der Waals surface area contributed by atoms with Crippen LogP contribution in [0.2, 0.25) is 0 Å². The second-order valence-corrected chi connectivity index (χ2v) is 8.46. The molecular weight excluding hydrogens is 402 g/mol. The molecule has 1 N–H and O–H groups in total. The van der Waals surface area contributed by atoms with Gasteiger partial charge in [0.2, 0.25) is 5.91 Å². The van der Waals surface area contributed by atoms with E-state index in [1.165, 1.54) is 7.11 Å². The molecule has 0 fully saturated rings. The van der Waals surface area contributed by atoms with Crippen LogP contribution in [-0.2, 0) is 21.4 Å². The number of hydrogen-bond donors (Lipinski definition) is 1. The average Bonchev–Trinajstić information content (AvgIpc) is 2.77. The molecule has 0 unspecified atom stereocenters. The lowest BCUT2D eigenvalue weighted by Gasteiger charge is -2.25. The van der Waals surface area contributed by atoms with E-state index in [0.717, 1.165) is 15.4 Å². The molecule has 0 aliphatic rings. The quantitative estimate of drug-likeness (QED) is 0.600. The summed E-state index contributed by atoms with van der Waals surface area (Å²) >= 11 is 0. The first-order valence-corrected chi connectivity index (χ1v) is 10.7. The van der Waals surface area contributed by atoms with Crippen molar-refractivity contribution in [3.63, 3.8) is 0 Å². The molecule has 1 amide bonds.